The number of rotatable bonds is 6. The van der Waals surface area contributed by atoms with Gasteiger partial charge in [0.15, 0.2) is 0 Å². The zero-order valence-corrected chi connectivity index (χ0v) is 17.5. The maximum Gasteiger partial charge on any atom is 0.277 e. The van der Waals surface area contributed by atoms with E-state index >= 15 is 0 Å². The number of hydrogen-bond donors (Lipinski definition) is 2. The molecule has 4 rings (SSSR count). The largest absolute Gasteiger partial charge is 0.345 e. The minimum absolute atomic E-state index is 0.129. The molecule has 0 aliphatic carbocycles. The van der Waals surface area contributed by atoms with Crippen molar-refractivity contribution >= 4 is 22.5 Å². The van der Waals surface area contributed by atoms with Crippen LogP contribution in [-0.2, 0) is 0 Å². The van der Waals surface area contributed by atoms with E-state index in [1.54, 1.807) is 37.4 Å². The van der Waals surface area contributed by atoms with Crippen LogP contribution < -0.4 is 16.3 Å². The minimum Gasteiger partial charge on any atom is -0.345 e. The lowest BCUT2D eigenvalue weighted by Crippen LogP contribution is -2.34. The number of carbonyl (C=O) groups is 1. The summed E-state index contributed by atoms with van der Waals surface area (Å²) in [6, 6.07) is 22.3. The van der Waals surface area contributed by atoms with Crippen LogP contribution in [0, 0.1) is 6.92 Å². The SMILES string of the molecule is CCC(NC(=O)c1c(C)n(Nc2ccccn2)c(=O)c2ccccc12)c1ccccc1. The van der Waals surface area contributed by atoms with E-state index in [-0.39, 0.29) is 17.5 Å². The van der Waals surface area contributed by atoms with Crippen LogP contribution in [0.25, 0.3) is 10.8 Å². The number of carbonyl (C=O) groups excluding carboxylic acids is 1. The summed E-state index contributed by atoms with van der Waals surface area (Å²) >= 11 is 0. The van der Waals surface area contributed by atoms with Crippen molar-refractivity contribution in [1.29, 1.82) is 0 Å². The number of amides is 1. The minimum atomic E-state index is -0.231. The van der Waals surface area contributed by atoms with Crippen molar-refractivity contribution in [2.24, 2.45) is 0 Å². The number of benzene rings is 2. The number of pyridine rings is 2. The summed E-state index contributed by atoms with van der Waals surface area (Å²) in [4.78, 5) is 30.9. The van der Waals surface area contributed by atoms with E-state index in [1.165, 1.54) is 4.68 Å². The summed E-state index contributed by atoms with van der Waals surface area (Å²) in [7, 11) is 0. The Morgan fingerprint density at radius 2 is 1.65 bits per heavy atom. The molecule has 6 heteroatoms. The molecule has 4 aromatic rings. The molecule has 1 unspecified atom stereocenters. The fourth-order valence-electron chi connectivity index (χ4n) is 3.77. The first-order chi connectivity index (χ1) is 15.1. The summed E-state index contributed by atoms with van der Waals surface area (Å²) in [6.45, 7) is 3.80. The fourth-order valence-corrected chi connectivity index (χ4v) is 3.77. The van der Waals surface area contributed by atoms with Crippen LogP contribution in [0.5, 0.6) is 0 Å². The van der Waals surface area contributed by atoms with Gasteiger partial charge in [0, 0.05) is 17.0 Å². The first-order valence-corrected chi connectivity index (χ1v) is 10.3. The number of fused-ring (bicyclic) bond motifs is 1. The predicted octanol–water partition coefficient (Wildman–Crippen LogP) is 4.46. The maximum atomic E-state index is 13.5. The van der Waals surface area contributed by atoms with Gasteiger partial charge in [-0.05, 0) is 37.1 Å². The van der Waals surface area contributed by atoms with Gasteiger partial charge in [-0.1, -0.05) is 61.5 Å². The van der Waals surface area contributed by atoms with E-state index in [1.807, 2.05) is 55.5 Å². The van der Waals surface area contributed by atoms with Crippen LogP contribution >= 0.6 is 0 Å². The molecular weight excluding hydrogens is 388 g/mol. The standard InChI is InChI=1S/C25H24N4O2/c1-3-21(18-11-5-4-6-12-18)27-24(30)23-17(2)29(28-22-15-9-10-16-26-22)25(31)20-14-8-7-13-19(20)23/h4-16,21H,3H2,1-2H3,(H,26,28)(H,27,30). The van der Waals surface area contributed by atoms with Gasteiger partial charge in [-0.15, -0.1) is 0 Å². The van der Waals surface area contributed by atoms with Crippen molar-refractivity contribution < 1.29 is 4.79 Å². The lowest BCUT2D eigenvalue weighted by Gasteiger charge is -2.21. The van der Waals surface area contributed by atoms with Crippen LogP contribution in [0.1, 0.15) is 41.0 Å². The van der Waals surface area contributed by atoms with Crippen LogP contribution in [0.3, 0.4) is 0 Å². The van der Waals surface area contributed by atoms with E-state index in [0.29, 0.717) is 27.8 Å². The third kappa shape index (κ3) is 4.05. The Kier molecular flexibility index (Phi) is 5.80. The van der Waals surface area contributed by atoms with Crippen molar-refractivity contribution in [2.45, 2.75) is 26.3 Å². The summed E-state index contributed by atoms with van der Waals surface area (Å²) in [5, 5.41) is 4.24. The molecule has 1 amide bonds. The Morgan fingerprint density at radius 1 is 0.968 bits per heavy atom. The Hall–Kier alpha value is -3.93. The van der Waals surface area contributed by atoms with Crippen molar-refractivity contribution in [3.8, 4) is 0 Å². The summed E-state index contributed by atoms with van der Waals surface area (Å²) in [5.41, 5.74) is 4.84. The number of aromatic nitrogens is 2. The molecule has 0 saturated heterocycles. The summed E-state index contributed by atoms with van der Waals surface area (Å²) in [6.07, 6.45) is 2.39. The Balaban J connectivity index is 1.81. The monoisotopic (exact) mass is 412 g/mol. The van der Waals surface area contributed by atoms with Gasteiger partial charge in [0.1, 0.15) is 5.82 Å². The topological polar surface area (TPSA) is 76.0 Å². The molecule has 0 radical (unpaired) electrons. The molecule has 0 aliphatic rings. The van der Waals surface area contributed by atoms with E-state index in [0.717, 1.165) is 12.0 Å². The Bertz CT molecular complexity index is 1270. The number of nitrogens with one attached hydrogen (secondary N) is 2. The average molecular weight is 412 g/mol. The van der Waals surface area contributed by atoms with E-state index in [9.17, 15) is 9.59 Å². The van der Waals surface area contributed by atoms with Crippen molar-refractivity contribution in [3.05, 3.63) is 106 Å². The second kappa shape index (κ2) is 8.83. The predicted molar refractivity (Wildman–Crippen MR) is 123 cm³/mol. The van der Waals surface area contributed by atoms with Crippen molar-refractivity contribution in [1.82, 2.24) is 15.0 Å². The van der Waals surface area contributed by atoms with Gasteiger partial charge in [-0.3, -0.25) is 15.0 Å². The first kappa shape index (κ1) is 20.3. The van der Waals surface area contributed by atoms with Crippen LogP contribution in [0.4, 0.5) is 5.82 Å². The van der Waals surface area contributed by atoms with Gasteiger partial charge in [-0.2, -0.15) is 0 Å². The number of anilines is 1. The summed E-state index contributed by atoms with van der Waals surface area (Å²) in [5.74, 6) is 0.297. The number of nitrogens with zero attached hydrogens (tertiary/aromatic N) is 2. The van der Waals surface area contributed by atoms with Gasteiger partial charge in [-0.25, -0.2) is 9.66 Å². The smallest absolute Gasteiger partial charge is 0.277 e. The lowest BCUT2D eigenvalue weighted by atomic mass is 10.0. The highest BCUT2D eigenvalue weighted by Gasteiger charge is 2.22. The molecule has 156 valence electrons. The number of hydrogen-bond acceptors (Lipinski definition) is 4. The lowest BCUT2D eigenvalue weighted by molar-refractivity contribution is 0.0936. The molecule has 0 fully saturated rings. The highest BCUT2D eigenvalue weighted by atomic mass is 16.2. The highest BCUT2D eigenvalue weighted by molar-refractivity contribution is 6.07. The highest BCUT2D eigenvalue weighted by Crippen LogP contribution is 2.22. The molecule has 6 nitrogen and oxygen atoms in total. The molecule has 0 spiro atoms. The molecule has 0 bridgehead atoms. The van der Waals surface area contributed by atoms with Gasteiger partial charge in [0.25, 0.3) is 11.5 Å². The molecule has 2 aromatic heterocycles. The second-order valence-corrected chi connectivity index (χ2v) is 7.32. The normalized spacial score (nSPS) is 11.8. The van der Waals surface area contributed by atoms with Gasteiger partial charge in [0.05, 0.1) is 17.3 Å². The van der Waals surface area contributed by atoms with E-state index in [4.69, 9.17) is 0 Å². The Morgan fingerprint density at radius 3 is 2.32 bits per heavy atom. The van der Waals surface area contributed by atoms with Gasteiger partial charge < -0.3 is 5.32 Å². The molecule has 31 heavy (non-hydrogen) atoms. The molecule has 2 aromatic carbocycles. The van der Waals surface area contributed by atoms with Crippen molar-refractivity contribution in [3.63, 3.8) is 0 Å². The van der Waals surface area contributed by atoms with E-state index < -0.39 is 0 Å². The summed E-state index contributed by atoms with van der Waals surface area (Å²) < 4.78 is 1.39. The van der Waals surface area contributed by atoms with Crippen LogP contribution in [0.15, 0.2) is 83.8 Å². The van der Waals surface area contributed by atoms with Crippen LogP contribution in [0.2, 0.25) is 0 Å². The Labute approximate surface area is 180 Å². The van der Waals surface area contributed by atoms with Crippen LogP contribution in [-0.4, -0.2) is 15.6 Å². The van der Waals surface area contributed by atoms with Crippen molar-refractivity contribution in [2.75, 3.05) is 5.43 Å². The third-order valence-electron chi connectivity index (χ3n) is 5.36. The average Bonchev–Trinajstić information content (AvgIpc) is 2.81. The zero-order chi connectivity index (χ0) is 21.8. The maximum absolute atomic E-state index is 13.5. The van der Waals surface area contributed by atoms with E-state index in [2.05, 4.69) is 15.7 Å². The molecular formula is C25H24N4O2. The third-order valence-corrected chi connectivity index (χ3v) is 5.36. The van der Waals surface area contributed by atoms with Gasteiger partial charge in [0.2, 0.25) is 0 Å². The quantitative estimate of drug-likeness (QED) is 0.490. The molecule has 0 aliphatic heterocycles. The molecule has 2 N–H and O–H groups in total. The zero-order valence-electron chi connectivity index (χ0n) is 17.5. The fraction of sp³-hybridized carbons (Fsp3) is 0.160. The second-order valence-electron chi connectivity index (χ2n) is 7.32. The molecule has 1 atom stereocenters. The molecule has 0 saturated carbocycles. The molecule has 2 heterocycles. The van der Waals surface area contributed by atoms with Gasteiger partial charge >= 0.3 is 0 Å². The first-order valence-electron chi connectivity index (χ1n) is 10.3.